The van der Waals surface area contributed by atoms with E-state index in [1.807, 2.05) is 44.2 Å². The molecule has 0 spiro atoms. The van der Waals surface area contributed by atoms with Gasteiger partial charge in [0.2, 0.25) is 23.6 Å². The van der Waals surface area contributed by atoms with Crippen LogP contribution in [0.3, 0.4) is 0 Å². The predicted octanol–water partition coefficient (Wildman–Crippen LogP) is 2.83. The number of amides is 4. The average Bonchev–Trinajstić information content (AvgIpc) is 3.82. The summed E-state index contributed by atoms with van der Waals surface area (Å²) in [4.78, 5) is 70.9. The molecule has 4 N–H and O–H groups in total. The van der Waals surface area contributed by atoms with E-state index in [1.54, 1.807) is 44.7 Å². The van der Waals surface area contributed by atoms with Crippen LogP contribution in [-0.2, 0) is 44.6 Å². The average molecular weight is 730 g/mol. The summed E-state index contributed by atoms with van der Waals surface area (Å²) >= 11 is 0. The number of likely N-dealkylation sites (N-methyl/N-ethyl adjacent to an activating group) is 1. The zero-order valence-electron chi connectivity index (χ0n) is 32.7. The van der Waals surface area contributed by atoms with Crippen molar-refractivity contribution in [1.29, 1.82) is 0 Å². The molecule has 0 radical (unpaired) electrons. The van der Waals surface area contributed by atoms with Gasteiger partial charge in [-0.05, 0) is 56.9 Å². The van der Waals surface area contributed by atoms with Crippen molar-refractivity contribution in [1.82, 2.24) is 20.4 Å². The van der Waals surface area contributed by atoms with E-state index in [2.05, 4.69) is 10.6 Å². The monoisotopic (exact) mass is 729 g/mol. The summed E-state index contributed by atoms with van der Waals surface area (Å²) < 4.78 is 17.0. The van der Waals surface area contributed by atoms with Gasteiger partial charge in [-0.3, -0.25) is 19.2 Å². The van der Waals surface area contributed by atoms with Crippen molar-refractivity contribution in [3.05, 3.63) is 35.9 Å². The number of methoxy groups -OCH3 is 3. The summed E-state index contributed by atoms with van der Waals surface area (Å²) in [7, 11) is 6.12. The van der Waals surface area contributed by atoms with Gasteiger partial charge in [0.05, 0.1) is 49.3 Å². The van der Waals surface area contributed by atoms with Gasteiger partial charge < -0.3 is 40.4 Å². The van der Waals surface area contributed by atoms with Crippen LogP contribution in [0.4, 0.5) is 0 Å². The molecule has 0 unspecified atom stereocenters. The first-order valence-corrected chi connectivity index (χ1v) is 18.7. The maximum Gasteiger partial charge on any atom is 0.328 e. The summed E-state index contributed by atoms with van der Waals surface area (Å²) in [5, 5.41) is 5.72. The van der Waals surface area contributed by atoms with Crippen molar-refractivity contribution in [2.45, 2.75) is 128 Å². The maximum atomic E-state index is 14.2. The molecule has 1 saturated carbocycles. The molecule has 1 heterocycles. The Morgan fingerprint density at radius 1 is 0.942 bits per heavy atom. The number of carbonyl (C=O) groups is 5. The fraction of sp³-hybridized carbons (Fsp3) is 0.718. The molecule has 1 aliphatic carbocycles. The minimum Gasteiger partial charge on any atom is -0.467 e. The van der Waals surface area contributed by atoms with Crippen LogP contribution in [0.1, 0.15) is 85.1 Å². The van der Waals surface area contributed by atoms with Crippen LogP contribution in [0, 0.1) is 17.8 Å². The molecule has 292 valence electrons. The lowest BCUT2D eigenvalue weighted by Crippen LogP contribution is -2.60. The van der Waals surface area contributed by atoms with E-state index < -0.39 is 53.7 Å². The van der Waals surface area contributed by atoms with Crippen LogP contribution in [0.5, 0.6) is 0 Å². The molecule has 7 atom stereocenters. The van der Waals surface area contributed by atoms with Gasteiger partial charge >= 0.3 is 5.97 Å². The topological polar surface area (TPSA) is 170 Å². The highest BCUT2D eigenvalue weighted by Gasteiger charge is 2.44. The van der Waals surface area contributed by atoms with Crippen molar-refractivity contribution >= 4 is 29.6 Å². The number of benzene rings is 1. The fourth-order valence-electron chi connectivity index (χ4n) is 7.78. The summed E-state index contributed by atoms with van der Waals surface area (Å²) in [6.45, 7) is 9.18. The third kappa shape index (κ3) is 11.0. The van der Waals surface area contributed by atoms with Crippen LogP contribution in [0.15, 0.2) is 30.3 Å². The Hall–Kier alpha value is -3.55. The molecule has 1 aromatic rings. The van der Waals surface area contributed by atoms with Crippen LogP contribution < -0.4 is 16.4 Å². The Morgan fingerprint density at radius 3 is 2.12 bits per heavy atom. The van der Waals surface area contributed by atoms with Gasteiger partial charge in [0, 0.05) is 34.2 Å². The minimum atomic E-state index is -1.16. The Kier molecular flexibility index (Phi) is 16.1. The van der Waals surface area contributed by atoms with Crippen LogP contribution in [-0.4, -0.2) is 116 Å². The molecule has 1 aromatic carbocycles. The van der Waals surface area contributed by atoms with E-state index in [1.165, 1.54) is 14.2 Å². The second-order valence-electron chi connectivity index (χ2n) is 15.4. The van der Waals surface area contributed by atoms with E-state index >= 15 is 0 Å². The van der Waals surface area contributed by atoms with Gasteiger partial charge in [-0.25, -0.2) is 4.79 Å². The largest absolute Gasteiger partial charge is 0.467 e. The molecular formula is C39H63N5O8. The molecule has 2 aliphatic rings. The van der Waals surface area contributed by atoms with Crippen LogP contribution >= 0.6 is 0 Å². The lowest BCUT2D eigenvalue weighted by Gasteiger charge is -2.41. The van der Waals surface area contributed by atoms with Crippen molar-refractivity contribution in [2.24, 2.45) is 23.5 Å². The first kappa shape index (κ1) is 42.9. The highest BCUT2D eigenvalue weighted by molar-refractivity contribution is 5.92. The number of carbonyl (C=O) groups excluding carboxylic acids is 5. The molecule has 0 bridgehead atoms. The van der Waals surface area contributed by atoms with Crippen LogP contribution in [0.25, 0.3) is 0 Å². The molecule has 13 nitrogen and oxygen atoms in total. The molecule has 52 heavy (non-hydrogen) atoms. The van der Waals surface area contributed by atoms with E-state index in [9.17, 15) is 24.0 Å². The van der Waals surface area contributed by atoms with Gasteiger partial charge in [0.1, 0.15) is 12.1 Å². The molecule has 0 aromatic heterocycles. The highest BCUT2D eigenvalue weighted by atomic mass is 16.5. The summed E-state index contributed by atoms with van der Waals surface area (Å²) in [5.74, 6) is -2.53. The third-order valence-electron chi connectivity index (χ3n) is 10.8. The summed E-state index contributed by atoms with van der Waals surface area (Å²) in [6, 6.07) is 6.90. The zero-order valence-corrected chi connectivity index (χ0v) is 32.7. The van der Waals surface area contributed by atoms with E-state index in [0.29, 0.717) is 13.0 Å². The highest BCUT2D eigenvalue weighted by Crippen LogP contribution is 2.35. The number of nitrogens with one attached hydrogen (secondary N) is 2. The number of nitrogens with zero attached hydrogens (tertiary/aromatic N) is 2. The first-order chi connectivity index (χ1) is 24.5. The Bertz CT molecular complexity index is 1350. The van der Waals surface area contributed by atoms with Gasteiger partial charge in [0.25, 0.3) is 0 Å². The lowest BCUT2D eigenvalue weighted by molar-refractivity contribution is -0.149. The quantitative estimate of drug-likeness (QED) is 0.193. The number of ether oxygens (including phenoxy) is 3. The second kappa shape index (κ2) is 19.5. The zero-order chi connectivity index (χ0) is 38.7. The Labute approximate surface area is 310 Å². The first-order valence-electron chi connectivity index (χ1n) is 18.7. The number of rotatable bonds is 18. The van der Waals surface area contributed by atoms with Gasteiger partial charge in [-0.15, -0.1) is 0 Å². The SMILES string of the molecule is COC(=O)[C@H](Cc1ccccc1)NC(=O)[C@H](C)[C@@H](OC)[C@@H]1CCCN1C(=O)C[C@@H](OC)[C@H](C1CCCC1)N(C)C(=O)[C@@H](NC(=O)C(C)(C)N)C(C)C. The number of esters is 1. The van der Waals surface area contributed by atoms with Gasteiger partial charge in [-0.2, -0.15) is 0 Å². The van der Waals surface area contributed by atoms with Gasteiger partial charge in [-0.1, -0.05) is 63.9 Å². The number of hydrogen-bond acceptors (Lipinski definition) is 9. The molecule has 2 fully saturated rings. The molecule has 3 rings (SSSR count). The molecule has 1 saturated heterocycles. The van der Waals surface area contributed by atoms with Crippen molar-refractivity contribution in [3.63, 3.8) is 0 Å². The van der Waals surface area contributed by atoms with Crippen molar-refractivity contribution in [2.75, 3.05) is 34.9 Å². The second-order valence-corrected chi connectivity index (χ2v) is 15.4. The molecule has 13 heteroatoms. The van der Waals surface area contributed by atoms with Gasteiger partial charge in [0.15, 0.2) is 0 Å². The molecule has 4 amide bonds. The summed E-state index contributed by atoms with van der Waals surface area (Å²) in [6.07, 6.45) is 4.25. The number of nitrogens with two attached hydrogens (primary N) is 1. The number of hydrogen-bond donors (Lipinski definition) is 3. The lowest BCUT2D eigenvalue weighted by atomic mass is 9.88. The summed E-state index contributed by atoms with van der Waals surface area (Å²) in [5.41, 5.74) is 5.76. The molecule has 1 aliphatic heterocycles. The normalized spacial score (nSPS) is 20.1. The fourth-order valence-corrected chi connectivity index (χ4v) is 7.78. The minimum absolute atomic E-state index is 0.0266. The standard InChI is InChI=1S/C39H63N5O8/c1-24(2)32(42-38(49)39(4,5)40)36(47)43(6)33(27-18-13-14-19-27)30(50-7)23-31(45)44-21-15-20-29(44)34(51-8)25(3)35(46)41-28(37(48)52-9)22-26-16-11-10-12-17-26/h10-12,16-17,24-25,27-30,32-34H,13-15,18-23,40H2,1-9H3,(H,41,46)(H,42,49)/t25-,28+,29+,30-,32+,33+,34-/m1/s1. The third-order valence-corrected chi connectivity index (χ3v) is 10.8. The van der Waals surface area contributed by atoms with Crippen molar-refractivity contribution < 1.29 is 38.2 Å². The predicted molar refractivity (Wildman–Crippen MR) is 198 cm³/mol. The van der Waals surface area contributed by atoms with E-state index in [4.69, 9.17) is 19.9 Å². The molecular weight excluding hydrogens is 666 g/mol. The number of likely N-dealkylation sites (tertiary alicyclic amines) is 1. The Balaban J connectivity index is 1.79. The Morgan fingerprint density at radius 2 is 1.58 bits per heavy atom. The van der Waals surface area contributed by atoms with E-state index in [-0.39, 0.29) is 48.4 Å². The smallest absolute Gasteiger partial charge is 0.328 e. The van der Waals surface area contributed by atoms with Crippen molar-refractivity contribution in [3.8, 4) is 0 Å². The maximum absolute atomic E-state index is 14.2. The van der Waals surface area contributed by atoms with Crippen LogP contribution in [0.2, 0.25) is 0 Å². The van der Waals surface area contributed by atoms with E-state index in [0.717, 1.165) is 37.7 Å².